The lowest BCUT2D eigenvalue weighted by Gasteiger charge is -2.42. The number of hydrogen-bond acceptors (Lipinski definition) is 9. The minimum atomic E-state index is -4.45. The summed E-state index contributed by atoms with van der Waals surface area (Å²) >= 11 is 0. The van der Waals surface area contributed by atoms with Crippen LogP contribution in [0.25, 0.3) is 0 Å². The molecule has 1 atom stereocenters. The number of likely N-dealkylation sites (tertiary alicyclic amines) is 1. The Morgan fingerprint density at radius 1 is 0.915 bits per heavy atom. The molecule has 3 heterocycles. The molecule has 0 aliphatic carbocycles. The summed E-state index contributed by atoms with van der Waals surface area (Å²) in [7, 11) is -0.841. The molecule has 0 bridgehead atoms. The van der Waals surface area contributed by atoms with Gasteiger partial charge in [-0.05, 0) is 82.7 Å². The first kappa shape index (κ1) is 32.8. The number of piperidine rings is 1. The molecule has 12 heteroatoms. The Morgan fingerprint density at radius 2 is 1.60 bits per heavy atom. The molecule has 1 unspecified atom stereocenters. The highest BCUT2D eigenvalue weighted by molar-refractivity contribution is 7.93. The molecule has 11 nitrogen and oxygen atoms in total. The number of benzene rings is 3. The minimum absolute atomic E-state index is 0.0274. The van der Waals surface area contributed by atoms with Crippen molar-refractivity contribution in [1.29, 1.82) is 0 Å². The van der Waals surface area contributed by atoms with Crippen molar-refractivity contribution in [2.75, 3.05) is 64.3 Å². The third-order valence-electron chi connectivity index (χ3n) is 9.48. The normalized spacial score (nSPS) is 21.1. The second kappa shape index (κ2) is 13.2. The third kappa shape index (κ3) is 5.83. The standard InChI is InChI=1S/C35H42N4O7S/c1-5-45-31-12-8-7-11-28(31)35(46-34(41)38-22-20-37(21-23-38)26-16-18-36(3)19-17-26)29-24-27(44-4)14-15-30(29)39(33(35)40)47(42,43)32-13-9-6-10-25(32)2/h6-15,24,26H,5,16-23H2,1-4H3. The number of para-hydroxylation sites is 1. The van der Waals surface area contributed by atoms with Crippen LogP contribution in [-0.4, -0.2) is 101 Å². The fourth-order valence-electron chi connectivity index (χ4n) is 6.93. The quantitative estimate of drug-likeness (QED) is 0.350. The number of carbonyl (C=O) groups is 2. The Hall–Kier alpha value is -4.13. The van der Waals surface area contributed by atoms with Gasteiger partial charge < -0.3 is 24.0 Å². The number of piperazine rings is 1. The predicted octanol–water partition coefficient (Wildman–Crippen LogP) is 4.23. The summed E-state index contributed by atoms with van der Waals surface area (Å²) in [5.41, 5.74) is -1.24. The summed E-state index contributed by atoms with van der Waals surface area (Å²) < 4.78 is 47.5. The summed E-state index contributed by atoms with van der Waals surface area (Å²) in [6, 6.07) is 18.4. The van der Waals surface area contributed by atoms with E-state index in [1.807, 2.05) is 6.92 Å². The summed E-state index contributed by atoms with van der Waals surface area (Å²) in [4.78, 5) is 35.6. The van der Waals surface area contributed by atoms with E-state index in [4.69, 9.17) is 14.2 Å². The van der Waals surface area contributed by atoms with Gasteiger partial charge in [0.15, 0.2) is 0 Å². The van der Waals surface area contributed by atoms with Gasteiger partial charge in [-0.2, -0.15) is 4.31 Å². The van der Waals surface area contributed by atoms with Crippen LogP contribution in [0.4, 0.5) is 10.5 Å². The van der Waals surface area contributed by atoms with Crippen LogP contribution in [0.1, 0.15) is 36.5 Å². The van der Waals surface area contributed by atoms with E-state index in [0.29, 0.717) is 49.3 Å². The summed E-state index contributed by atoms with van der Waals surface area (Å²) in [5, 5.41) is 0. The van der Waals surface area contributed by atoms with Gasteiger partial charge in [-0.1, -0.05) is 36.4 Å². The molecular formula is C35H42N4O7S. The first-order valence-corrected chi connectivity index (χ1v) is 17.5. The van der Waals surface area contributed by atoms with E-state index < -0.39 is 27.6 Å². The molecule has 0 N–H and O–H groups in total. The molecule has 2 amide bonds. The first-order valence-electron chi connectivity index (χ1n) is 16.1. The molecule has 3 aromatic carbocycles. The number of fused-ring (bicyclic) bond motifs is 1. The fraction of sp³-hybridized carbons (Fsp3) is 0.429. The van der Waals surface area contributed by atoms with E-state index in [9.17, 15) is 13.2 Å². The minimum Gasteiger partial charge on any atom is -0.497 e. The van der Waals surface area contributed by atoms with Crippen LogP contribution in [0.2, 0.25) is 0 Å². The highest BCUT2D eigenvalue weighted by Crippen LogP contribution is 2.52. The number of ether oxygens (including phenoxy) is 3. The van der Waals surface area contributed by atoms with Crippen LogP contribution in [0.15, 0.2) is 71.6 Å². The molecule has 47 heavy (non-hydrogen) atoms. The summed E-state index contributed by atoms with van der Waals surface area (Å²) in [5.74, 6) is -0.269. The highest BCUT2D eigenvalue weighted by Gasteiger charge is 2.61. The van der Waals surface area contributed by atoms with Gasteiger partial charge in [-0.25, -0.2) is 13.2 Å². The van der Waals surface area contributed by atoms with Gasteiger partial charge >= 0.3 is 6.09 Å². The molecule has 0 radical (unpaired) electrons. The molecular weight excluding hydrogens is 620 g/mol. The topological polar surface area (TPSA) is 109 Å². The number of carbonyl (C=O) groups excluding carboxylic acids is 2. The van der Waals surface area contributed by atoms with Crippen molar-refractivity contribution in [3.63, 3.8) is 0 Å². The lowest BCUT2D eigenvalue weighted by Crippen LogP contribution is -2.55. The fourth-order valence-corrected chi connectivity index (χ4v) is 8.62. The van der Waals surface area contributed by atoms with E-state index in [-0.39, 0.29) is 28.3 Å². The Morgan fingerprint density at radius 3 is 2.28 bits per heavy atom. The van der Waals surface area contributed by atoms with Gasteiger partial charge in [0.2, 0.25) is 5.60 Å². The van der Waals surface area contributed by atoms with E-state index in [1.54, 1.807) is 66.4 Å². The maximum Gasteiger partial charge on any atom is 0.411 e. The Labute approximate surface area is 276 Å². The zero-order valence-electron chi connectivity index (χ0n) is 27.3. The number of aryl methyl sites for hydroxylation is 1. The zero-order chi connectivity index (χ0) is 33.3. The van der Waals surface area contributed by atoms with Crippen molar-refractivity contribution in [1.82, 2.24) is 14.7 Å². The lowest BCUT2D eigenvalue weighted by atomic mass is 9.86. The molecule has 2 saturated heterocycles. The molecule has 0 spiro atoms. The third-order valence-corrected chi connectivity index (χ3v) is 11.3. The smallest absolute Gasteiger partial charge is 0.411 e. The average Bonchev–Trinajstić information content (AvgIpc) is 3.33. The average molecular weight is 663 g/mol. The molecule has 250 valence electrons. The maximum atomic E-state index is 15.0. The van der Waals surface area contributed by atoms with Gasteiger partial charge in [0.05, 0.1) is 29.9 Å². The molecule has 3 aromatic rings. The van der Waals surface area contributed by atoms with E-state index >= 15 is 4.79 Å². The summed E-state index contributed by atoms with van der Waals surface area (Å²) in [6.07, 6.45) is 1.45. The van der Waals surface area contributed by atoms with Crippen molar-refractivity contribution >= 4 is 27.7 Å². The Bertz CT molecular complexity index is 1750. The number of hydrogen-bond donors (Lipinski definition) is 0. The van der Waals surface area contributed by atoms with Crippen molar-refractivity contribution in [2.24, 2.45) is 0 Å². The van der Waals surface area contributed by atoms with E-state index in [0.717, 1.165) is 30.2 Å². The van der Waals surface area contributed by atoms with Crippen molar-refractivity contribution in [3.05, 3.63) is 83.4 Å². The summed E-state index contributed by atoms with van der Waals surface area (Å²) in [6.45, 7) is 8.02. The van der Waals surface area contributed by atoms with Crippen LogP contribution in [-0.2, 0) is 25.2 Å². The number of nitrogens with zero attached hydrogens (tertiary/aromatic N) is 4. The monoisotopic (exact) mass is 662 g/mol. The molecule has 6 rings (SSSR count). The number of sulfonamides is 1. The Kier molecular flexibility index (Phi) is 9.19. The van der Waals surface area contributed by atoms with Crippen LogP contribution in [0.3, 0.4) is 0 Å². The largest absolute Gasteiger partial charge is 0.497 e. The van der Waals surface area contributed by atoms with Crippen molar-refractivity contribution < 1.29 is 32.2 Å². The van der Waals surface area contributed by atoms with Gasteiger partial charge in [0, 0.05) is 37.8 Å². The Balaban J connectivity index is 1.43. The van der Waals surface area contributed by atoms with E-state index in [2.05, 4.69) is 16.8 Å². The SMILES string of the molecule is CCOc1ccccc1C1(OC(=O)N2CCN(C3CCN(C)CC3)CC2)C(=O)N(S(=O)(=O)c2ccccc2C)c2ccc(OC)cc21. The molecule has 0 aromatic heterocycles. The zero-order valence-corrected chi connectivity index (χ0v) is 28.2. The molecule has 3 aliphatic heterocycles. The second-order valence-corrected chi connectivity index (χ2v) is 14.0. The van der Waals surface area contributed by atoms with Crippen molar-refractivity contribution in [3.8, 4) is 11.5 Å². The first-order chi connectivity index (χ1) is 22.6. The van der Waals surface area contributed by atoms with E-state index in [1.165, 1.54) is 19.2 Å². The lowest BCUT2D eigenvalue weighted by molar-refractivity contribution is -0.132. The second-order valence-electron chi connectivity index (χ2n) is 12.3. The van der Waals surface area contributed by atoms with Crippen LogP contribution >= 0.6 is 0 Å². The van der Waals surface area contributed by atoms with Gasteiger partial charge in [0.25, 0.3) is 15.9 Å². The number of amides is 2. The van der Waals surface area contributed by atoms with Crippen molar-refractivity contribution in [2.45, 2.75) is 43.2 Å². The predicted molar refractivity (Wildman–Crippen MR) is 177 cm³/mol. The van der Waals surface area contributed by atoms with Gasteiger partial charge in [-0.3, -0.25) is 9.69 Å². The molecule has 2 fully saturated rings. The molecule has 3 aliphatic rings. The molecule has 0 saturated carbocycles. The number of methoxy groups -OCH3 is 1. The number of anilines is 1. The van der Waals surface area contributed by atoms with Crippen LogP contribution in [0, 0.1) is 6.92 Å². The highest BCUT2D eigenvalue weighted by atomic mass is 32.2. The van der Waals surface area contributed by atoms with Gasteiger partial charge in [0.1, 0.15) is 11.5 Å². The van der Waals surface area contributed by atoms with Crippen LogP contribution in [0.5, 0.6) is 11.5 Å². The maximum absolute atomic E-state index is 15.0. The van der Waals surface area contributed by atoms with Gasteiger partial charge in [-0.15, -0.1) is 0 Å². The number of rotatable bonds is 8. The van der Waals surface area contributed by atoms with Crippen LogP contribution < -0.4 is 13.8 Å².